The van der Waals surface area contributed by atoms with Gasteiger partial charge in [0, 0.05) is 12.1 Å². The first-order valence-corrected chi connectivity index (χ1v) is 5.02. The van der Waals surface area contributed by atoms with E-state index in [0.717, 1.165) is 18.9 Å². The van der Waals surface area contributed by atoms with Gasteiger partial charge in [-0.15, -0.1) is 0 Å². The van der Waals surface area contributed by atoms with Gasteiger partial charge in [-0.05, 0) is 6.07 Å². The third-order valence-electron chi connectivity index (χ3n) is 2.83. The molecule has 1 fully saturated rings. The fourth-order valence-corrected chi connectivity index (χ4v) is 2.15. The van der Waals surface area contributed by atoms with Gasteiger partial charge in [-0.25, -0.2) is 0 Å². The lowest BCUT2D eigenvalue weighted by Crippen LogP contribution is -2.47. The van der Waals surface area contributed by atoms with Crippen molar-refractivity contribution in [2.24, 2.45) is 0 Å². The van der Waals surface area contributed by atoms with E-state index in [9.17, 15) is 0 Å². The summed E-state index contributed by atoms with van der Waals surface area (Å²) in [5, 5.41) is 3.47. The van der Waals surface area contributed by atoms with E-state index in [-0.39, 0.29) is 6.10 Å². The molecule has 3 rings (SSSR count). The molecule has 1 saturated heterocycles. The Bertz CT molecular complexity index is 340. The van der Waals surface area contributed by atoms with Crippen LogP contribution in [0.4, 0.5) is 0 Å². The summed E-state index contributed by atoms with van der Waals surface area (Å²) in [5.41, 5.74) is 1.23. The topological polar surface area (TPSA) is 30.5 Å². The standard InChI is InChI=1S/C11H13NO2/c1-2-4-9-8(3-1)11-10(7-14-9)13-6-5-12-11/h1-4,10-12H,5-7H2/t10-,11+/m0/s1. The van der Waals surface area contributed by atoms with Crippen molar-refractivity contribution in [3.8, 4) is 5.75 Å². The maximum absolute atomic E-state index is 5.65. The highest BCUT2D eigenvalue weighted by molar-refractivity contribution is 5.38. The summed E-state index contributed by atoms with van der Waals surface area (Å²) in [6.07, 6.45) is 0.179. The van der Waals surface area contributed by atoms with Crippen LogP contribution < -0.4 is 10.1 Å². The quantitative estimate of drug-likeness (QED) is 0.666. The molecule has 0 radical (unpaired) electrons. The zero-order chi connectivity index (χ0) is 9.38. The summed E-state index contributed by atoms with van der Waals surface area (Å²) in [5.74, 6) is 0.992. The van der Waals surface area contributed by atoms with Gasteiger partial charge in [-0.2, -0.15) is 0 Å². The summed E-state index contributed by atoms with van der Waals surface area (Å²) in [4.78, 5) is 0. The molecule has 74 valence electrons. The second-order valence-corrected chi connectivity index (χ2v) is 3.69. The lowest BCUT2D eigenvalue weighted by molar-refractivity contribution is -0.0408. The molecule has 0 spiro atoms. The molecule has 0 saturated carbocycles. The molecule has 1 aromatic rings. The van der Waals surface area contributed by atoms with Gasteiger partial charge in [-0.1, -0.05) is 18.2 Å². The summed E-state index contributed by atoms with van der Waals surface area (Å²) < 4.78 is 11.3. The number of ether oxygens (including phenoxy) is 2. The molecule has 1 aromatic carbocycles. The van der Waals surface area contributed by atoms with Crippen LogP contribution in [0.15, 0.2) is 24.3 Å². The molecule has 2 aliphatic heterocycles. The van der Waals surface area contributed by atoms with Crippen molar-refractivity contribution in [2.75, 3.05) is 19.8 Å². The molecule has 0 amide bonds. The number of para-hydroxylation sites is 1. The van der Waals surface area contributed by atoms with Crippen LogP contribution >= 0.6 is 0 Å². The largest absolute Gasteiger partial charge is 0.490 e. The molecule has 0 bridgehead atoms. The fourth-order valence-electron chi connectivity index (χ4n) is 2.15. The zero-order valence-corrected chi connectivity index (χ0v) is 7.90. The van der Waals surface area contributed by atoms with Crippen molar-refractivity contribution in [3.05, 3.63) is 29.8 Å². The van der Waals surface area contributed by atoms with Crippen LogP contribution in [0.2, 0.25) is 0 Å². The van der Waals surface area contributed by atoms with Gasteiger partial charge in [0.2, 0.25) is 0 Å². The molecule has 0 aliphatic carbocycles. The Morgan fingerprint density at radius 3 is 3.21 bits per heavy atom. The van der Waals surface area contributed by atoms with E-state index in [0.29, 0.717) is 12.6 Å². The Hall–Kier alpha value is -1.06. The Balaban J connectivity index is 1.99. The Labute approximate surface area is 83.0 Å². The van der Waals surface area contributed by atoms with Gasteiger partial charge in [0.25, 0.3) is 0 Å². The average Bonchev–Trinajstić information content (AvgIpc) is 2.29. The first kappa shape index (κ1) is 8.26. The van der Waals surface area contributed by atoms with E-state index in [4.69, 9.17) is 9.47 Å². The minimum atomic E-state index is 0.179. The summed E-state index contributed by atoms with van der Waals surface area (Å²) in [7, 11) is 0. The van der Waals surface area contributed by atoms with E-state index in [1.807, 2.05) is 18.2 Å². The Morgan fingerprint density at radius 1 is 1.29 bits per heavy atom. The molecular weight excluding hydrogens is 178 g/mol. The van der Waals surface area contributed by atoms with Gasteiger partial charge in [-0.3, -0.25) is 0 Å². The van der Waals surface area contributed by atoms with Crippen molar-refractivity contribution < 1.29 is 9.47 Å². The van der Waals surface area contributed by atoms with Gasteiger partial charge in [0.15, 0.2) is 0 Å². The molecular formula is C11H13NO2. The maximum atomic E-state index is 5.65. The number of benzene rings is 1. The molecule has 0 unspecified atom stereocenters. The van der Waals surface area contributed by atoms with Gasteiger partial charge >= 0.3 is 0 Å². The normalized spacial score (nSPS) is 30.0. The second kappa shape index (κ2) is 3.26. The van der Waals surface area contributed by atoms with Crippen LogP contribution in [0.1, 0.15) is 11.6 Å². The maximum Gasteiger partial charge on any atom is 0.124 e. The molecule has 3 heteroatoms. The van der Waals surface area contributed by atoms with E-state index in [2.05, 4.69) is 11.4 Å². The summed E-state index contributed by atoms with van der Waals surface area (Å²) >= 11 is 0. The van der Waals surface area contributed by atoms with E-state index >= 15 is 0 Å². The van der Waals surface area contributed by atoms with Crippen molar-refractivity contribution in [3.63, 3.8) is 0 Å². The zero-order valence-electron chi connectivity index (χ0n) is 7.90. The first-order chi connectivity index (χ1) is 6.95. The Kier molecular flexibility index (Phi) is 1.92. The Morgan fingerprint density at radius 2 is 2.21 bits per heavy atom. The molecule has 2 aliphatic rings. The third kappa shape index (κ3) is 1.21. The summed E-state index contributed by atoms with van der Waals surface area (Å²) in [6.45, 7) is 2.37. The number of rotatable bonds is 0. The summed E-state index contributed by atoms with van der Waals surface area (Å²) in [6, 6.07) is 8.48. The van der Waals surface area contributed by atoms with E-state index in [1.165, 1.54) is 5.56 Å². The van der Waals surface area contributed by atoms with Crippen LogP contribution in [-0.4, -0.2) is 25.9 Å². The SMILES string of the molecule is c1ccc2c(c1)OC[C@@H]1OCCN[C@H]21. The van der Waals surface area contributed by atoms with Crippen LogP contribution in [0.25, 0.3) is 0 Å². The molecule has 2 atom stereocenters. The molecule has 2 heterocycles. The van der Waals surface area contributed by atoms with Crippen molar-refractivity contribution >= 4 is 0 Å². The first-order valence-electron chi connectivity index (χ1n) is 5.02. The molecule has 0 aromatic heterocycles. The highest BCUT2D eigenvalue weighted by Crippen LogP contribution is 2.34. The number of nitrogens with one attached hydrogen (secondary N) is 1. The monoisotopic (exact) mass is 191 g/mol. The molecule has 3 nitrogen and oxygen atoms in total. The van der Waals surface area contributed by atoms with Gasteiger partial charge < -0.3 is 14.8 Å². The minimum Gasteiger partial charge on any atom is -0.490 e. The third-order valence-corrected chi connectivity index (χ3v) is 2.83. The predicted molar refractivity (Wildman–Crippen MR) is 52.4 cm³/mol. The van der Waals surface area contributed by atoms with Gasteiger partial charge in [0.05, 0.1) is 12.6 Å². The fraction of sp³-hybridized carbons (Fsp3) is 0.455. The number of hydrogen-bond donors (Lipinski definition) is 1. The average molecular weight is 191 g/mol. The molecule has 1 N–H and O–H groups in total. The van der Waals surface area contributed by atoms with Crippen LogP contribution in [0.5, 0.6) is 5.75 Å². The van der Waals surface area contributed by atoms with E-state index < -0.39 is 0 Å². The van der Waals surface area contributed by atoms with Crippen molar-refractivity contribution in [1.29, 1.82) is 0 Å². The van der Waals surface area contributed by atoms with E-state index in [1.54, 1.807) is 0 Å². The molecule has 14 heavy (non-hydrogen) atoms. The predicted octanol–water partition coefficient (Wildman–Crippen LogP) is 1.11. The van der Waals surface area contributed by atoms with Crippen molar-refractivity contribution in [2.45, 2.75) is 12.1 Å². The van der Waals surface area contributed by atoms with Crippen molar-refractivity contribution in [1.82, 2.24) is 5.32 Å². The second-order valence-electron chi connectivity index (χ2n) is 3.69. The minimum absolute atomic E-state index is 0.179. The van der Waals surface area contributed by atoms with Crippen LogP contribution in [-0.2, 0) is 4.74 Å². The van der Waals surface area contributed by atoms with Crippen LogP contribution in [0, 0.1) is 0 Å². The number of hydrogen-bond acceptors (Lipinski definition) is 3. The van der Waals surface area contributed by atoms with Gasteiger partial charge in [0.1, 0.15) is 18.5 Å². The highest BCUT2D eigenvalue weighted by Gasteiger charge is 2.33. The lowest BCUT2D eigenvalue weighted by Gasteiger charge is -2.37. The highest BCUT2D eigenvalue weighted by atomic mass is 16.5. The number of morpholine rings is 1. The number of fused-ring (bicyclic) bond motifs is 3. The van der Waals surface area contributed by atoms with Crippen LogP contribution in [0.3, 0.4) is 0 Å². The lowest BCUT2D eigenvalue weighted by atomic mass is 9.97. The smallest absolute Gasteiger partial charge is 0.124 e.